The van der Waals surface area contributed by atoms with Crippen LogP contribution in [0, 0.1) is 0 Å². The molecule has 7 heavy (non-hydrogen) atoms. The molecule has 7 heteroatoms. The van der Waals surface area contributed by atoms with Gasteiger partial charge in [0, 0.05) is 0 Å². The molecule has 0 bridgehead atoms. The second-order valence-corrected chi connectivity index (χ2v) is 2.42. The van der Waals surface area contributed by atoms with Crippen molar-refractivity contribution in [2.45, 2.75) is 0 Å². The van der Waals surface area contributed by atoms with Crippen molar-refractivity contribution in [2.24, 2.45) is 0 Å². The van der Waals surface area contributed by atoms with Crippen LogP contribution in [0.2, 0.25) is 0 Å². The molecule has 0 aromatic rings. The summed E-state index contributed by atoms with van der Waals surface area (Å²) in [5.41, 5.74) is 0. The zero-order valence-corrected chi connectivity index (χ0v) is 4.38. The summed E-state index contributed by atoms with van der Waals surface area (Å²) in [6.45, 7) is 0. The van der Waals surface area contributed by atoms with Gasteiger partial charge in [0.15, 0.2) is 0 Å². The van der Waals surface area contributed by atoms with Crippen molar-refractivity contribution in [1.29, 1.82) is 0 Å². The van der Waals surface area contributed by atoms with E-state index in [0.717, 1.165) is 0 Å². The van der Waals surface area contributed by atoms with Crippen molar-refractivity contribution in [3.8, 4) is 0 Å². The van der Waals surface area contributed by atoms with E-state index < -0.39 is 9.05 Å². The zero-order valence-electron chi connectivity index (χ0n) is 2.63. The molecular weight excluding hydrogens is 168 g/mol. The van der Waals surface area contributed by atoms with Gasteiger partial charge in [-0.25, -0.2) is 3.98 Å². The van der Waals surface area contributed by atoms with E-state index in [-0.39, 0.29) is 37.7 Å². The van der Waals surface area contributed by atoms with Crippen molar-refractivity contribution in [1.82, 2.24) is 0 Å². The van der Waals surface area contributed by atoms with E-state index in [4.69, 9.17) is 14.4 Å². The fraction of sp³-hybridized carbons (Fsp3) is 0. The van der Waals surface area contributed by atoms with Gasteiger partial charge in [0.05, 0.1) is 11.9 Å². The van der Waals surface area contributed by atoms with E-state index in [2.05, 4.69) is 15.8 Å². The fourth-order valence-electron chi connectivity index (χ4n) is 0. The standard InChI is InChI=1S/Ca.ClH3O4Si.2H/c;1-5-6(2,3)4;;/h;2-4H;;. The van der Waals surface area contributed by atoms with Crippen LogP contribution in [0.1, 0.15) is 0 Å². The van der Waals surface area contributed by atoms with Gasteiger partial charge in [-0.15, -0.1) is 0 Å². The Morgan fingerprint density at radius 1 is 1.29 bits per heavy atom. The van der Waals surface area contributed by atoms with Gasteiger partial charge in [-0.3, -0.25) is 0 Å². The first-order chi connectivity index (χ1) is 2.56. The van der Waals surface area contributed by atoms with Crippen molar-refractivity contribution >= 4 is 58.7 Å². The molecule has 0 unspecified atom stereocenters. The van der Waals surface area contributed by atoms with Crippen molar-refractivity contribution in [3.05, 3.63) is 0 Å². The van der Waals surface area contributed by atoms with Crippen LogP contribution in [0.5, 0.6) is 0 Å². The Kier molecular flexibility index (Phi) is 7.31. The molecule has 0 fully saturated rings. The number of halogens is 1. The molecule has 0 amide bonds. The van der Waals surface area contributed by atoms with Gasteiger partial charge in [0.2, 0.25) is 0 Å². The Bertz CT molecular complexity index is 41.4. The van der Waals surface area contributed by atoms with Gasteiger partial charge >= 0.3 is 46.8 Å². The van der Waals surface area contributed by atoms with Gasteiger partial charge in [-0.05, 0) is 0 Å². The predicted octanol–water partition coefficient (Wildman–Crippen LogP) is -2.35. The van der Waals surface area contributed by atoms with Crippen LogP contribution in [0.4, 0.5) is 0 Å². The third-order valence-electron chi connectivity index (χ3n) is 0.104. The summed E-state index contributed by atoms with van der Waals surface area (Å²) in [7, 11) is -4.37. The molecule has 42 valence electrons. The molecule has 0 radical (unpaired) electrons. The number of hydrogen-bond acceptors (Lipinski definition) is 4. The summed E-state index contributed by atoms with van der Waals surface area (Å²) in [6.07, 6.45) is 0. The Labute approximate surface area is 76.3 Å². The second kappa shape index (κ2) is 4.48. The summed E-state index contributed by atoms with van der Waals surface area (Å²) in [5, 5.41) is 0. The summed E-state index contributed by atoms with van der Waals surface area (Å²) in [6, 6.07) is 0. The van der Waals surface area contributed by atoms with E-state index in [0.29, 0.717) is 0 Å². The molecule has 0 atom stereocenters. The topological polar surface area (TPSA) is 69.9 Å². The molecule has 0 aromatic carbocycles. The summed E-state index contributed by atoms with van der Waals surface area (Å²) in [5.74, 6) is 0. The molecular formula is H5CaClO4Si. The first-order valence-corrected chi connectivity index (χ1v) is 3.09. The molecule has 0 aliphatic carbocycles. The summed E-state index contributed by atoms with van der Waals surface area (Å²) < 4.78 is 3.22. The molecule has 0 aliphatic heterocycles. The maximum absolute atomic E-state index is 7.72. The van der Waals surface area contributed by atoms with E-state index in [9.17, 15) is 0 Å². The van der Waals surface area contributed by atoms with Crippen LogP contribution < -0.4 is 0 Å². The van der Waals surface area contributed by atoms with E-state index >= 15 is 0 Å². The quantitative estimate of drug-likeness (QED) is 0.388. The van der Waals surface area contributed by atoms with Crippen LogP contribution in [0.3, 0.4) is 0 Å². The first kappa shape index (κ1) is 11.4. The van der Waals surface area contributed by atoms with Crippen LogP contribution in [-0.2, 0) is 3.98 Å². The monoisotopic (exact) mass is 172 g/mol. The average molecular weight is 173 g/mol. The van der Waals surface area contributed by atoms with Crippen molar-refractivity contribution < 1.29 is 18.4 Å². The molecule has 0 heterocycles. The van der Waals surface area contributed by atoms with Crippen molar-refractivity contribution in [3.63, 3.8) is 0 Å². The predicted molar refractivity (Wildman–Crippen MR) is 27.9 cm³/mol. The Morgan fingerprint density at radius 2 is 1.43 bits per heavy atom. The van der Waals surface area contributed by atoms with Gasteiger partial charge in [0.25, 0.3) is 0 Å². The van der Waals surface area contributed by atoms with Gasteiger partial charge < -0.3 is 14.4 Å². The third-order valence-corrected chi connectivity index (χ3v) is 0.932. The van der Waals surface area contributed by atoms with Crippen LogP contribution >= 0.6 is 11.9 Å². The molecule has 0 saturated carbocycles. The molecule has 0 aliphatic rings. The number of hydrogen-bond donors (Lipinski definition) is 3. The van der Waals surface area contributed by atoms with Gasteiger partial charge in [0.1, 0.15) is 0 Å². The zero-order chi connectivity index (χ0) is 5.21. The minimum absolute atomic E-state index is 0. The average Bonchev–Trinajstić information content (AvgIpc) is 1.35. The van der Waals surface area contributed by atoms with E-state index in [1.165, 1.54) is 0 Å². The summed E-state index contributed by atoms with van der Waals surface area (Å²) in [4.78, 5) is 23.2. The minimum atomic E-state index is -4.37. The molecule has 0 saturated heterocycles. The Morgan fingerprint density at radius 3 is 1.43 bits per heavy atom. The van der Waals surface area contributed by atoms with E-state index in [1.807, 2.05) is 0 Å². The SMILES string of the molecule is O[Si](O)(O)OCl.[CaH2]. The normalized spacial score (nSPS) is 10.3. The molecule has 4 nitrogen and oxygen atoms in total. The molecule has 0 aromatic heterocycles. The van der Waals surface area contributed by atoms with Gasteiger partial charge in [-0.2, -0.15) is 0 Å². The molecule has 3 N–H and O–H groups in total. The summed E-state index contributed by atoms with van der Waals surface area (Å²) >= 11 is 4.29. The molecule has 0 spiro atoms. The maximum atomic E-state index is 7.72. The Balaban J connectivity index is 0. The van der Waals surface area contributed by atoms with Crippen LogP contribution in [-0.4, -0.2) is 61.2 Å². The third kappa shape index (κ3) is 11.3. The Hall–Kier alpha value is 1.61. The number of rotatable bonds is 1. The second-order valence-electron chi connectivity index (χ2n) is 0.651. The fourth-order valence-corrected chi connectivity index (χ4v) is 0. The van der Waals surface area contributed by atoms with E-state index in [1.54, 1.807) is 0 Å². The van der Waals surface area contributed by atoms with Gasteiger partial charge in [-0.1, -0.05) is 0 Å². The van der Waals surface area contributed by atoms with Crippen molar-refractivity contribution in [2.75, 3.05) is 0 Å². The first-order valence-electron chi connectivity index (χ1n) is 1.03. The van der Waals surface area contributed by atoms with Crippen LogP contribution in [0.15, 0.2) is 0 Å². The van der Waals surface area contributed by atoms with Crippen LogP contribution in [0.25, 0.3) is 0 Å². The molecule has 0 rings (SSSR count).